The molecule has 0 aliphatic heterocycles. The van der Waals surface area contributed by atoms with Gasteiger partial charge in [0.25, 0.3) is 0 Å². The van der Waals surface area contributed by atoms with E-state index < -0.39 is 22.4 Å². The lowest BCUT2D eigenvalue weighted by Crippen LogP contribution is -2.02. The highest BCUT2D eigenvalue weighted by molar-refractivity contribution is 7.85. The van der Waals surface area contributed by atoms with Crippen molar-refractivity contribution in [1.82, 2.24) is 0 Å². The van der Waals surface area contributed by atoms with Crippen molar-refractivity contribution in [1.29, 1.82) is 0 Å². The van der Waals surface area contributed by atoms with Crippen LogP contribution in [-0.4, -0.2) is 16.2 Å². The van der Waals surface area contributed by atoms with Gasteiger partial charge in [0.1, 0.15) is 17.9 Å². The molecule has 1 aromatic rings. The Hall–Kier alpha value is -1.10. The number of hydrogen-bond donors (Lipinski definition) is 0. The summed E-state index contributed by atoms with van der Waals surface area (Å²) in [6, 6.07) is 2.64. The third-order valence-corrected chi connectivity index (χ3v) is 2.60. The summed E-state index contributed by atoms with van der Waals surface area (Å²) in [7, 11) is -1.79. The fourth-order valence-electron chi connectivity index (χ4n) is 0.803. The quantitative estimate of drug-likeness (QED) is 0.695. The van der Waals surface area contributed by atoms with Gasteiger partial charge in [-0.3, -0.25) is 4.21 Å². The number of carbonyl (C=O) groups excluding carboxylic acids is 1. The van der Waals surface area contributed by atoms with E-state index in [2.05, 4.69) is 0 Å². The minimum absolute atomic E-state index is 0.271. The van der Waals surface area contributed by atoms with Gasteiger partial charge in [-0.1, -0.05) is 0 Å². The normalized spacial score (nSPS) is 12.5. The van der Waals surface area contributed by atoms with Crippen LogP contribution in [-0.2, 0) is 15.6 Å². The topological polar surface area (TPSA) is 34.1 Å². The van der Waals surface area contributed by atoms with Gasteiger partial charge in [-0.05, 0) is 18.2 Å². The van der Waals surface area contributed by atoms with E-state index >= 15 is 0 Å². The van der Waals surface area contributed by atoms with Crippen LogP contribution in [0, 0.1) is 11.6 Å². The second-order valence-corrected chi connectivity index (χ2v) is 3.72. The van der Waals surface area contributed by atoms with Gasteiger partial charge in [0.15, 0.2) is 0 Å². The molecule has 0 spiro atoms. The predicted molar refractivity (Wildman–Crippen MR) is 43.7 cm³/mol. The predicted octanol–water partition coefficient (Wildman–Crippen LogP) is 1.27. The summed E-state index contributed by atoms with van der Waals surface area (Å²) in [6.45, 7) is 0. The Bertz CT molecular complexity index is 352. The molecule has 0 amide bonds. The SMILES string of the molecule is O=CCS(=O)c1cc(F)ccc1F. The Morgan fingerprint density at radius 1 is 1.38 bits per heavy atom. The van der Waals surface area contributed by atoms with Gasteiger partial charge in [-0.2, -0.15) is 0 Å². The highest BCUT2D eigenvalue weighted by atomic mass is 32.2. The van der Waals surface area contributed by atoms with Gasteiger partial charge in [0.2, 0.25) is 0 Å². The van der Waals surface area contributed by atoms with E-state index in [1.165, 1.54) is 0 Å². The van der Waals surface area contributed by atoms with Crippen molar-refractivity contribution < 1.29 is 17.8 Å². The summed E-state index contributed by atoms with van der Waals surface area (Å²) in [5.41, 5.74) is 0. The van der Waals surface area contributed by atoms with E-state index in [-0.39, 0.29) is 10.6 Å². The van der Waals surface area contributed by atoms with Crippen LogP contribution in [0.25, 0.3) is 0 Å². The van der Waals surface area contributed by atoms with Gasteiger partial charge in [0.05, 0.1) is 21.4 Å². The highest BCUT2D eigenvalue weighted by Gasteiger charge is 2.10. The summed E-state index contributed by atoms with van der Waals surface area (Å²) < 4.78 is 36.5. The second kappa shape index (κ2) is 4.23. The average Bonchev–Trinajstić information content (AvgIpc) is 2.09. The first kappa shape index (κ1) is 9.98. The molecule has 0 radical (unpaired) electrons. The summed E-state index contributed by atoms with van der Waals surface area (Å²) >= 11 is 0. The molecule has 0 aliphatic carbocycles. The molecule has 0 saturated heterocycles. The molecule has 1 aromatic carbocycles. The maximum absolute atomic E-state index is 12.9. The third kappa shape index (κ3) is 2.42. The van der Waals surface area contributed by atoms with Crippen molar-refractivity contribution in [2.24, 2.45) is 0 Å². The molecule has 1 atom stereocenters. The van der Waals surface area contributed by atoms with E-state index in [1.807, 2.05) is 0 Å². The molecular weight excluding hydrogens is 198 g/mol. The Morgan fingerprint density at radius 3 is 2.69 bits per heavy atom. The lowest BCUT2D eigenvalue weighted by molar-refractivity contribution is -0.105. The van der Waals surface area contributed by atoms with Crippen molar-refractivity contribution in [2.45, 2.75) is 4.90 Å². The van der Waals surface area contributed by atoms with Gasteiger partial charge in [-0.15, -0.1) is 0 Å². The minimum Gasteiger partial charge on any atom is -0.302 e. The van der Waals surface area contributed by atoms with Crippen molar-refractivity contribution in [3.05, 3.63) is 29.8 Å². The van der Waals surface area contributed by atoms with Crippen LogP contribution < -0.4 is 0 Å². The standard InChI is InChI=1S/C8H6F2O2S/c9-6-1-2-7(10)8(5-6)13(12)4-3-11/h1-3,5H,4H2. The molecule has 0 bridgehead atoms. The third-order valence-electron chi connectivity index (χ3n) is 1.36. The Kier molecular flexibility index (Phi) is 3.25. The fraction of sp³-hybridized carbons (Fsp3) is 0.125. The summed E-state index contributed by atoms with van der Waals surface area (Å²) in [6.07, 6.45) is 0.403. The molecule has 0 N–H and O–H groups in total. The van der Waals surface area contributed by atoms with Crippen LogP contribution in [0.5, 0.6) is 0 Å². The maximum Gasteiger partial charge on any atom is 0.139 e. The summed E-state index contributed by atoms with van der Waals surface area (Å²) in [4.78, 5) is 9.70. The molecule has 0 saturated carbocycles. The molecular formula is C8H6F2O2S. The molecule has 0 aromatic heterocycles. The molecule has 2 nitrogen and oxygen atoms in total. The smallest absolute Gasteiger partial charge is 0.139 e. The molecule has 5 heteroatoms. The van der Waals surface area contributed by atoms with Crippen LogP contribution >= 0.6 is 0 Å². The number of benzene rings is 1. The van der Waals surface area contributed by atoms with Crippen molar-refractivity contribution in [3.8, 4) is 0 Å². The highest BCUT2D eigenvalue weighted by Crippen LogP contribution is 2.13. The summed E-state index contributed by atoms with van der Waals surface area (Å²) in [5, 5.41) is 0. The fourth-order valence-corrected chi connectivity index (χ4v) is 1.64. The molecule has 13 heavy (non-hydrogen) atoms. The van der Waals surface area contributed by atoms with E-state index in [4.69, 9.17) is 0 Å². The average molecular weight is 204 g/mol. The van der Waals surface area contributed by atoms with E-state index in [0.717, 1.165) is 18.2 Å². The van der Waals surface area contributed by atoms with Gasteiger partial charge in [-0.25, -0.2) is 8.78 Å². The molecule has 70 valence electrons. The number of aldehydes is 1. The zero-order valence-corrected chi connectivity index (χ0v) is 7.31. The van der Waals surface area contributed by atoms with Crippen molar-refractivity contribution in [3.63, 3.8) is 0 Å². The second-order valence-electron chi connectivity index (χ2n) is 2.25. The monoisotopic (exact) mass is 204 g/mol. The van der Waals surface area contributed by atoms with Gasteiger partial charge < -0.3 is 4.79 Å². The number of rotatable bonds is 3. The van der Waals surface area contributed by atoms with Crippen molar-refractivity contribution >= 4 is 17.1 Å². The maximum atomic E-state index is 12.9. The van der Waals surface area contributed by atoms with Crippen LogP contribution in [0.3, 0.4) is 0 Å². The summed E-state index contributed by atoms with van der Waals surface area (Å²) in [5.74, 6) is -1.75. The zero-order valence-electron chi connectivity index (χ0n) is 6.50. The van der Waals surface area contributed by atoms with Gasteiger partial charge >= 0.3 is 0 Å². The van der Waals surface area contributed by atoms with Gasteiger partial charge in [0, 0.05) is 0 Å². The Labute approximate surface area is 76.0 Å². The lowest BCUT2D eigenvalue weighted by atomic mass is 10.3. The minimum atomic E-state index is -1.79. The Morgan fingerprint density at radius 2 is 2.08 bits per heavy atom. The van der Waals surface area contributed by atoms with E-state index in [0.29, 0.717) is 6.29 Å². The first-order valence-electron chi connectivity index (χ1n) is 3.42. The Balaban J connectivity index is 3.05. The largest absolute Gasteiger partial charge is 0.302 e. The molecule has 0 fully saturated rings. The number of carbonyl (C=O) groups is 1. The van der Waals surface area contributed by atoms with Crippen LogP contribution in [0.2, 0.25) is 0 Å². The van der Waals surface area contributed by atoms with Crippen molar-refractivity contribution in [2.75, 3.05) is 5.75 Å². The lowest BCUT2D eigenvalue weighted by Gasteiger charge is -1.99. The number of hydrogen-bond acceptors (Lipinski definition) is 2. The van der Waals surface area contributed by atoms with E-state index in [1.54, 1.807) is 0 Å². The first-order chi connectivity index (χ1) is 6.15. The van der Waals surface area contributed by atoms with Crippen LogP contribution in [0.15, 0.2) is 23.1 Å². The zero-order chi connectivity index (χ0) is 9.84. The van der Waals surface area contributed by atoms with Crippen LogP contribution in [0.1, 0.15) is 0 Å². The molecule has 1 unspecified atom stereocenters. The molecule has 0 heterocycles. The first-order valence-corrected chi connectivity index (χ1v) is 4.74. The number of halogens is 2. The molecule has 0 aliphatic rings. The van der Waals surface area contributed by atoms with E-state index in [9.17, 15) is 17.8 Å². The van der Waals surface area contributed by atoms with Crippen LogP contribution in [0.4, 0.5) is 8.78 Å². The molecule has 1 rings (SSSR count).